The van der Waals surface area contributed by atoms with Crippen molar-refractivity contribution in [3.63, 3.8) is 0 Å². The molecule has 0 rings (SSSR count). The fraction of sp³-hybridized carbons (Fsp3) is 0.727. The van der Waals surface area contributed by atoms with Gasteiger partial charge >= 0.3 is 17.8 Å². The number of alkyl halides is 8. The van der Waals surface area contributed by atoms with Gasteiger partial charge in [-0.2, -0.15) is 17.6 Å². The molecule has 0 spiro atoms. The largest absolute Gasteiger partial charge is 0.430 e. The summed E-state index contributed by atoms with van der Waals surface area (Å²) < 4.78 is 110. The topological polar surface area (TPSA) is 35.5 Å². The highest BCUT2D eigenvalue weighted by atomic mass is 19.3. The molecule has 0 bridgehead atoms. The number of hydrogen-bond donors (Lipinski definition) is 0. The zero-order valence-corrected chi connectivity index (χ0v) is 11.3. The zero-order chi connectivity index (χ0) is 17.9. The van der Waals surface area contributed by atoms with Crippen LogP contribution in [0.3, 0.4) is 0 Å². The molecule has 0 N–H and O–H groups in total. The first-order valence-corrected chi connectivity index (χ1v) is 5.54. The summed E-state index contributed by atoms with van der Waals surface area (Å²) in [4.78, 5) is 10.8. The van der Waals surface area contributed by atoms with Gasteiger partial charge in [-0.3, -0.25) is 0 Å². The Labute approximate surface area is 119 Å². The van der Waals surface area contributed by atoms with Crippen molar-refractivity contribution in [1.82, 2.24) is 0 Å². The third-order valence-corrected chi connectivity index (χ3v) is 2.20. The van der Waals surface area contributed by atoms with Crippen LogP contribution < -0.4 is 0 Å². The second-order valence-electron chi connectivity index (χ2n) is 4.44. The van der Waals surface area contributed by atoms with Crippen molar-refractivity contribution in [3.05, 3.63) is 12.7 Å². The van der Waals surface area contributed by atoms with E-state index in [2.05, 4.69) is 16.1 Å². The highest BCUT2D eigenvalue weighted by molar-refractivity contribution is 5.81. The van der Waals surface area contributed by atoms with E-state index in [1.54, 1.807) is 0 Å². The molecule has 2 atom stereocenters. The van der Waals surface area contributed by atoms with E-state index in [-0.39, 0.29) is 0 Å². The summed E-state index contributed by atoms with van der Waals surface area (Å²) in [5, 5.41) is 0. The van der Waals surface area contributed by atoms with Gasteiger partial charge in [-0.15, -0.1) is 0 Å². The molecule has 0 aromatic carbocycles. The highest BCUT2D eigenvalue weighted by Crippen LogP contribution is 2.44. The number of ether oxygens (including phenoxy) is 2. The van der Waals surface area contributed by atoms with E-state index < -0.39 is 42.6 Å². The molecule has 0 aromatic rings. The minimum absolute atomic E-state index is 0.541. The maximum Gasteiger partial charge on any atom is 0.367 e. The van der Waals surface area contributed by atoms with Crippen LogP contribution in [-0.2, 0) is 14.3 Å². The monoisotopic (exact) mass is 344 g/mol. The average molecular weight is 344 g/mol. The fourth-order valence-electron chi connectivity index (χ4n) is 1.12. The van der Waals surface area contributed by atoms with Gasteiger partial charge in [0.15, 0.2) is 0 Å². The number of esters is 1. The summed E-state index contributed by atoms with van der Waals surface area (Å²) in [5.41, 5.74) is 0. The van der Waals surface area contributed by atoms with Gasteiger partial charge in [0.2, 0.25) is 12.0 Å². The van der Waals surface area contributed by atoms with Crippen LogP contribution in [-0.4, -0.2) is 42.6 Å². The first-order valence-electron chi connectivity index (χ1n) is 5.54. The van der Waals surface area contributed by atoms with Gasteiger partial charge in [0.1, 0.15) is 0 Å². The van der Waals surface area contributed by atoms with E-state index >= 15 is 0 Å². The fourth-order valence-corrected chi connectivity index (χ4v) is 1.12. The second-order valence-corrected chi connectivity index (χ2v) is 4.44. The maximum atomic E-state index is 13.3. The smallest absolute Gasteiger partial charge is 0.367 e. The lowest BCUT2D eigenvalue weighted by Gasteiger charge is -2.34. The minimum atomic E-state index is -6.06. The third-order valence-electron chi connectivity index (χ3n) is 2.20. The molecule has 0 fully saturated rings. The van der Waals surface area contributed by atoms with E-state index in [0.717, 1.165) is 0 Å². The van der Waals surface area contributed by atoms with Gasteiger partial charge in [-0.25, -0.2) is 22.4 Å². The van der Waals surface area contributed by atoms with Crippen molar-refractivity contribution in [2.45, 2.75) is 50.4 Å². The Morgan fingerprint density at radius 2 is 1.50 bits per heavy atom. The van der Waals surface area contributed by atoms with Gasteiger partial charge in [0.05, 0.1) is 0 Å². The van der Waals surface area contributed by atoms with Crippen molar-refractivity contribution in [2.75, 3.05) is 0 Å². The molecule has 0 saturated heterocycles. The van der Waals surface area contributed by atoms with E-state index in [4.69, 9.17) is 0 Å². The molecule has 0 aliphatic heterocycles. The summed E-state index contributed by atoms with van der Waals surface area (Å²) in [6, 6.07) is 0. The van der Waals surface area contributed by atoms with Crippen LogP contribution in [0.4, 0.5) is 35.1 Å². The van der Waals surface area contributed by atoms with Crippen molar-refractivity contribution in [3.8, 4) is 0 Å². The van der Waals surface area contributed by atoms with E-state index in [9.17, 15) is 39.9 Å². The van der Waals surface area contributed by atoms with Gasteiger partial charge in [0.25, 0.3) is 12.8 Å². The van der Waals surface area contributed by atoms with Crippen molar-refractivity contribution in [2.24, 2.45) is 0 Å². The molecule has 0 heterocycles. The SMILES string of the molecule is C=CC(=O)OC(C)(C)OC(F)C(F)(F)C(F)(F)C(F)C(F)F. The summed E-state index contributed by atoms with van der Waals surface area (Å²) in [7, 11) is 0. The van der Waals surface area contributed by atoms with Crippen LogP contribution in [0, 0.1) is 0 Å². The van der Waals surface area contributed by atoms with Gasteiger partial charge in [0, 0.05) is 19.9 Å². The Bertz CT molecular complexity index is 410. The van der Waals surface area contributed by atoms with E-state index in [1.165, 1.54) is 0 Å². The molecule has 11 heteroatoms. The van der Waals surface area contributed by atoms with Gasteiger partial charge < -0.3 is 9.47 Å². The Balaban J connectivity index is 5.20. The van der Waals surface area contributed by atoms with E-state index in [0.29, 0.717) is 19.9 Å². The van der Waals surface area contributed by atoms with Crippen LogP contribution in [0.25, 0.3) is 0 Å². The average Bonchev–Trinajstić information content (AvgIpc) is 2.35. The molecule has 0 amide bonds. The van der Waals surface area contributed by atoms with Crippen molar-refractivity contribution in [1.29, 1.82) is 0 Å². The third kappa shape index (κ3) is 4.55. The zero-order valence-electron chi connectivity index (χ0n) is 11.3. The summed E-state index contributed by atoms with van der Waals surface area (Å²) >= 11 is 0. The molecular formula is C11H12F8O3. The van der Waals surface area contributed by atoms with Crippen LogP contribution in [0.1, 0.15) is 13.8 Å². The lowest BCUT2D eigenvalue weighted by Crippen LogP contribution is -2.57. The number of carbonyl (C=O) groups is 1. The first-order chi connectivity index (χ1) is 9.69. The molecule has 130 valence electrons. The van der Waals surface area contributed by atoms with Crippen LogP contribution in [0.15, 0.2) is 12.7 Å². The van der Waals surface area contributed by atoms with Crippen LogP contribution >= 0.6 is 0 Å². The lowest BCUT2D eigenvalue weighted by molar-refractivity contribution is -0.356. The molecule has 0 aliphatic rings. The van der Waals surface area contributed by atoms with Crippen LogP contribution in [0.2, 0.25) is 0 Å². The highest BCUT2D eigenvalue weighted by Gasteiger charge is 2.70. The normalized spacial score (nSPS) is 16.3. The molecule has 2 unspecified atom stereocenters. The Morgan fingerprint density at radius 3 is 1.86 bits per heavy atom. The molecule has 0 aromatic heterocycles. The Kier molecular flexibility index (Phi) is 6.37. The van der Waals surface area contributed by atoms with Crippen molar-refractivity contribution >= 4 is 5.97 Å². The molecule has 0 aliphatic carbocycles. The predicted octanol–water partition coefficient (Wildman–Crippen LogP) is 3.64. The summed E-state index contributed by atoms with van der Waals surface area (Å²) in [6.45, 7) is 4.34. The standard InChI is InChI=1S/C11H12F8O3/c1-4-5(20)21-9(2,3)22-8(15)11(18,19)10(16,17)6(12)7(13)14/h4,6-8H,1H2,2-3H3. The minimum Gasteiger partial charge on any atom is -0.430 e. The quantitative estimate of drug-likeness (QED) is 0.292. The van der Waals surface area contributed by atoms with Crippen LogP contribution in [0.5, 0.6) is 0 Å². The van der Waals surface area contributed by atoms with Gasteiger partial charge in [-0.05, 0) is 0 Å². The Hall–Kier alpha value is -1.39. The molecule has 0 radical (unpaired) electrons. The molecule has 0 saturated carbocycles. The maximum absolute atomic E-state index is 13.3. The second kappa shape index (κ2) is 6.80. The first kappa shape index (κ1) is 20.6. The van der Waals surface area contributed by atoms with Gasteiger partial charge in [-0.1, -0.05) is 6.58 Å². The number of hydrogen-bond acceptors (Lipinski definition) is 3. The lowest BCUT2D eigenvalue weighted by atomic mass is 10.1. The molecule has 22 heavy (non-hydrogen) atoms. The predicted molar refractivity (Wildman–Crippen MR) is 57.1 cm³/mol. The Morgan fingerprint density at radius 1 is 1.05 bits per heavy atom. The number of halogens is 8. The number of carbonyl (C=O) groups excluding carboxylic acids is 1. The van der Waals surface area contributed by atoms with E-state index in [1.807, 2.05) is 0 Å². The summed E-state index contributed by atoms with van der Waals surface area (Å²) in [5.74, 6) is -15.7. The molecule has 3 nitrogen and oxygen atoms in total. The van der Waals surface area contributed by atoms with Crippen molar-refractivity contribution < 1.29 is 49.4 Å². The molecular weight excluding hydrogens is 332 g/mol. The summed E-state index contributed by atoms with van der Waals surface area (Å²) in [6.07, 6.45) is -12.8. The number of rotatable bonds is 8.